The smallest absolute Gasteiger partial charge is 0.144 e. The molecule has 7 heteroatoms. The molecule has 4 N–H and O–H groups in total. The molecule has 1 heterocycles. The number of rotatable bonds is 6. The van der Waals surface area contributed by atoms with Crippen molar-refractivity contribution in [2.75, 3.05) is 6.54 Å². The highest BCUT2D eigenvalue weighted by Gasteiger charge is 2.22. The van der Waals surface area contributed by atoms with Gasteiger partial charge in [-0.1, -0.05) is 49.7 Å². The third-order valence-corrected chi connectivity index (χ3v) is 5.30. The van der Waals surface area contributed by atoms with E-state index in [4.69, 9.17) is 23.1 Å². The van der Waals surface area contributed by atoms with Gasteiger partial charge in [0.2, 0.25) is 0 Å². The normalized spacial score (nSPS) is 11.5. The zero-order chi connectivity index (χ0) is 24.7. The molecular formula is C26H29ClF3N3. The SMILES string of the molecule is C=C(C)N.CCCc1c(C)cc(C(CN)c2ccccc2F)nc1-c1cc(Cl)c(F)cc1F. The summed E-state index contributed by atoms with van der Waals surface area (Å²) >= 11 is 5.91. The molecule has 0 radical (unpaired) electrons. The minimum atomic E-state index is -0.830. The van der Waals surface area contributed by atoms with E-state index in [1.807, 2.05) is 19.9 Å². The van der Waals surface area contributed by atoms with E-state index in [0.717, 1.165) is 23.6 Å². The Morgan fingerprint density at radius 3 is 2.30 bits per heavy atom. The molecule has 33 heavy (non-hydrogen) atoms. The van der Waals surface area contributed by atoms with E-state index in [9.17, 15) is 13.2 Å². The number of hydrogen-bond acceptors (Lipinski definition) is 3. The number of hydrogen-bond donors (Lipinski definition) is 2. The van der Waals surface area contributed by atoms with Gasteiger partial charge < -0.3 is 11.5 Å². The van der Waals surface area contributed by atoms with E-state index in [-0.39, 0.29) is 22.9 Å². The maximum atomic E-state index is 14.6. The van der Waals surface area contributed by atoms with Crippen LogP contribution in [0.5, 0.6) is 0 Å². The van der Waals surface area contributed by atoms with Crippen LogP contribution in [0.3, 0.4) is 0 Å². The average Bonchev–Trinajstić information content (AvgIpc) is 2.74. The second-order valence-electron chi connectivity index (χ2n) is 7.84. The Bertz CT molecular complexity index is 1130. The average molecular weight is 476 g/mol. The first-order valence-corrected chi connectivity index (χ1v) is 11.0. The minimum absolute atomic E-state index is 0.120. The highest BCUT2D eigenvalue weighted by molar-refractivity contribution is 6.31. The molecular weight excluding hydrogens is 447 g/mol. The maximum Gasteiger partial charge on any atom is 0.144 e. The summed E-state index contributed by atoms with van der Waals surface area (Å²) in [5, 5.41) is -0.182. The number of pyridine rings is 1. The summed E-state index contributed by atoms with van der Waals surface area (Å²) in [5.74, 6) is -2.45. The molecule has 0 amide bonds. The first-order chi connectivity index (χ1) is 15.6. The van der Waals surface area contributed by atoms with Gasteiger partial charge in [-0.15, -0.1) is 0 Å². The number of aromatic nitrogens is 1. The van der Waals surface area contributed by atoms with Crippen LogP contribution in [0.25, 0.3) is 11.3 Å². The van der Waals surface area contributed by atoms with Gasteiger partial charge in [-0.25, -0.2) is 13.2 Å². The number of allylic oxidation sites excluding steroid dienone is 1. The summed E-state index contributed by atoms with van der Waals surface area (Å²) in [4.78, 5) is 4.67. The molecule has 1 atom stereocenters. The Labute approximate surface area is 198 Å². The summed E-state index contributed by atoms with van der Waals surface area (Å²) in [5.41, 5.74) is 14.7. The van der Waals surface area contributed by atoms with Crippen molar-refractivity contribution in [1.29, 1.82) is 0 Å². The molecule has 0 saturated heterocycles. The molecule has 3 rings (SSSR count). The monoisotopic (exact) mass is 475 g/mol. The van der Waals surface area contributed by atoms with Gasteiger partial charge in [-0.3, -0.25) is 4.98 Å². The molecule has 1 aromatic heterocycles. The van der Waals surface area contributed by atoms with E-state index in [0.29, 0.717) is 29.1 Å². The van der Waals surface area contributed by atoms with Crippen LogP contribution in [0.2, 0.25) is 5.02 Å². The van der Waals surface area contributed by atoms with Crippen LogP contribution in [0.1, 0.15) is 48.6 Å². The predicted octanol–water partition coefficient (Wildman–Crippen LogP) is 6.65. The van der Waals surface area contributed by atoms with Gasteiger partial charge >= 0.3 is 0 Å². The molecule has 2 aromatic carbocycles. The fourth-order valence-electron chi connectivity index (χ4n) is 3.56. The first kappa shape index (κ1) is 26.4. The number of nitrogens with zero attached hydrogens (tertiary/aromatic N) is 1. The van der Waals surface area contributed by atoms with Crippen molar-refractivity contribution in [3.05, 3.63) is 99.6 Å². The number of nitrogens with two attached hydrogens (primary N) is 2. The zero-order valence-corrected chi connectivity index (χ0v) is 19.8. The second kappa shape index (κ2) is 11.9. The molecule has 3 nitrogen and oxygen atoms in total. The Hall–Kier alpha value is -2.83. The summed E-state index contributed by atoms with van der Waals surface area (Å²) in [6.07, 6.45) is 1.48. The van der Waals surface area contributed by atoms with Crippen LogP contribution in [-0.4, -0.2) is 11.5 Å². The lowest BCUT2D eigenvalue weighted by molar-refractivity contribution is 0.584. The van der Waals surface area contributed by atoms with Gasteiger partial charge in [-0.2, -0.15) is 0 Å². The van der Waals surface area contributed by atoms with Gasteiger partial charge in [-0.05, 0) is 60.9 Å². The van der Waals surface area contributed by atoms with E-state index in [2.05, 4.69) is 11.6 Å². The minimum Gasteiger partial charge on any atom is -0.403 e. The number of aryl methyl sites for hydroxylation is 1. The number of benzene rings is 2. The van der Waals surface area contributed by atoms with Gasteiger partial charge in [0.15, 0.2) is 0 Å². The molecule has 0 fully saturated rings. The maximum absolute atomic E-state index is 14.6. The van der Waals surface area contributed by atoms with Gasteiger partial charge in [0.25, 0.3) is 0 Å². The largest absolute Gasteiger partial charge is 0.403 e. The van der Waals surface area contributed by atoms with E-state index < -0.39 is 17.6 Å². The van der Waals surface area contributed by atoms with Crippen molar-refractivity contribution in [2.45, 2.75) is 39.5 Å². The van der Waals surface area contributed by atoms with Crippen molar-refractivity contribution in [3.8, 4) is 11.3 Å². The predicted molar refractivity (Wildman–Crippen MR) is 130 cm³/mol. The summed E-state index contributed by atoms with van der Waals surface area (Å²) in [6.45, 7) is 9.12. The Morgan fingerprint density at radius 2 is 1.73 bits per heavy atom. The summed E-state index contributed by atoms with van der Waals surface area (Å²) in [7, 11) is 0. The van der Waals surface area contributed by atoms with Crippen LogP contribution in [0.15, 0.2) is 54.7 Å². The summed E-state index contributed by atoms with van der Waals surface area (Å²) in [6, 6.07) is 10.2. The third kappa shape index (κ3) is 6.59. The molecule has 0 saturated carbocycles. The van der Waals surface area contributed by atoms with Crippen LogP contribution in [-0.2, 0) is 6.42 Å². The molecule has 0 aliphatic heterocycles. The lowest BCUT2D eigenvalue weighted by Gasteiger charge is -2.20. The van der Waals surface area contributed by atoms with E-state index >= 15 is 0 Å². The van der Waals surface area contributed by atoms with Gasteiger partial charge in [0, 0.05) is 24.1 Å². The van der Waals surface area contributed by atoms with Gasteiger partial charge in [0.1, 0.15) is 17.5 Å². The zero-order valence-electron chi connectivity index (χ0n) is 19.1. The molecule has 0 aliphatic rings. The van der Waals surface area contributed by atoms with Crippen molar-refractivity contribution in [3.63, 3.8) is 0 Å². The Morgan fingerprint density at radius 1 is 1.09 bits per heavy atom. The standard InChI is InChI=1S/C23H22ClF3N2.C3H7N/c1-3-6-14-13(2)9-22(17(12-28)15-7-4-5-8-19(15)25)29-23(14)16-10-18(24)21(27)11-20(16)26;1-3(2)4/h4-5,7-11,17H,3,6,12,28H2,1-2H3;1,4H2,2H3. The van der Waals surface area contributed by atoms with Crippen LogP contribution >= 0.6 is 11.6 Å². The van der Waals surface area contributed by atoms with Crippen LogP contribution < -0.4 is 11.5 Å². The van der Waals surface area contributed by atoms with Crippen molar-refractivity contribution in [2.24, 2.45) is 11.5 Å². The topological polar surface area (TPSA) is 64.9 Å². The molecule has 0 aliphatic carbocycles. The lowest BCUT2D eigenvalue weighted by atomic mass is 9.90. The quantitative estimate of drug-likeness (QED) is 0.392. The fraction of sp³-hybridized carbons (Fsp3) is 0.269. The van der Waals surface area contributed by atoms with Crippen LogP contribution in [0.4, 0.5) is 13.2 Å². The van der Waals surface area contributed by atoms with Crippen LogP contribution in [0, 0.1) is 24.4 Å². The highest BCUT2D eigenvalue weighted by atomic mass is 35.5. The molecule has 3 aromatic rings. The second-order valence-corrected chi connectivity index (χ2v) is 8.25. The first-order valence-electron chi connectivity index (χ1n) is 10.6. The van der Waals surface area contributed by atoms with E-state index in [1.54, 1.807) is 25.1 Å². The Kier molecular flexibility index (Phi) is 9.50. The fourth-order valence-corrected chi connectivity index (χ4v) is 3.72. The van der Waals surface area contributed by atoms with E-state index in [1.165, 1.54) is 12.1 Å². The molecule has 0 bridgehead atoms. The van der Waals surface area contributed by atoms with Crippen molar-refractivity contribution in [1.82, 2.24) is 4.98 Å². The molecule has 0 spiro atoms. The Balaban J connectivity index is 0.000000890. The summed E-state index contributed by atoms with van der Waals surface area (Å²) < 4.78 is 42.7. The molecule has 176 valence electrons. The lowest BCUT2D eigenvalue weighted by Crippen LogP contribution is -2.17. The third-order valence-electron chi connectivity index (χ3n) is 5.01. The van der Waals surface area contributed by atoms with Gasteiger partial charge in [0.05, 0.1) is 16.4 Å². The number of halogens is 4. The highest BCUT2D eigenvalue weighted by Crippen LogP contribution is 2.34. The van der Waals surface area contributed by atoms with Crippen molar-refractivity contribution >= 4 is 11.6 Å². The molecule has 1 unspecified atom stereocenters. The van der Waals surface area contributed by atoms with Crippen molar-refractivity contribution < 1.29 is 13.2 Å².